The van der Waals surface area contributed by atoms with Gasteiger partial charge in [-0.3, -0.25) is 0 Å². The molecule has 0 unspecified atom stereocenters. The summed E-state index contributed by atoms with van der Waals surface area (Å²) < 4.78 is 56.1. The van der Waals surface area contributed by atoms with E-state index in [0.29, 0.717) is 10.9 Å². The van der Waals surface area contributed by atoms with Crippen molar-refractivity contribution in [1.82, 2.24) is 4.98 Å². The molecule has 0 saturated carbocycles. The average Bonchev–Trinajstić information content (AvgIpc) is 2.80. The van der Waals surface area contributed by atoms with Gasteiger partial charge in [0.15, 0.2) is 10.7 Å². The van der Waals surface area contributed by atoms with Crippen molar-refractivity contribution in [2.24, 2.45) is 0 Å². The van der Waals surface area contributed by atoms with Crippen molar-refractivity contribution in [3.63, 3.8) is 0 Å². The van der Waals surface area contributed by atoms with Gasteiger partial charge >= 0.3 is 12.1 Å². The fourth-order valence-corrected chi connectivity index (χ4v) is 2.59. The summed E-state index contributed by atoms with van der Waals surface area (Å²) in [6, 6.07) is 6.74. The van der Waals surface area contributed by atoms with Crippen LogP contribution in [0, 0.1) is 0 Å². The molecule has 0 aliphatic carbocycles. The van der Waals surface area contributed by atoms with E-state index in [1.54, 1.807) is 24.3 Å². The van der Waals surface area contributed by atoms with E-state index in [1.807, 2.05) is 0 Å². The van der Waals surface area contributed by atoms with Crippen LogP contribution in [0.3, 0.4) is 0 Å². The zero-order valence-electron chi connectivity index (χ0n) is 10.6. The van der Waals surface area contributed by atoms with Crippen molar-refractivity contribution in [3.05, 3.63) is 41.2 Å². The van der Waals surface area contributed by atoms with Gasteiger partial charge in [-0.05, 0) is 6.07 Å². The number of carbonyl (C=O) groups is 1. The number of nitrogens with one attached hydrogen (secondary N) is 1. The van der Waals surface area contributed by atoms with Gasteiger partial charge in [-0.1, -0.05) is 30.0 Å². The highest BCUT2D eigenvalue weighted by Crippen LogP contribution is 2.40. The Bertz CT molecular complexity index is 706. The number of H-pyrrole nitrogens is 1. The van der Waals surface area contributed by atoms with Crippen molar-refractivity contribution in [2.45, 2.75) is 11.1 Å². The van der Waals surface area contributed by atoms with E-state index in [9.17, 15) is 22.4 Å². The van der Waals surface area contributed by atoms with Gasteiger partial charge in [0.1, 0.15) is 0 Å². The highest BCUT2D eigenvalue weighted by molar-refractivity contribution is 8.03. The predicted octanol–water partition coefficient (Wildman–Crippen LogP) is 4.18. The minimum Gasteiger partial charge on any atom is -0.465 e. The molecule has 8 heteroatoms. The molecule has 0 spiro atoms. The van der Waals surface area contributed by atoms with Crippen LogP contribution in [0.1, 0.15) is 0 Å². The molecule has 0 radical (unpaired) electrons. The number of ether oxygens (including phenoxy) is 1. The summed E-state index contributed by atoms with van der Waals surface area (Å²) >= 11 is 0.219. The van der Waals surface area contributed by atoms with Gasteiger partial charge in [0.2, 0.25) is 0 Å². The van der Waals surface area contributed by atoms with E-state index in [-0.39, 0.29) is 16.7 Å². The largest absolute Gasteiger partial charge is 0.465 e. The fourth-order valence-electron chi connectivity index (χ4n) is 1.69. The van der Waals surface area contributed by atoms with Crippen molar-refractivity contribution in [1.29, 1.82) is 0 Å². The smallest absolute Gasteiger partial charge is 0.426 e. The van der Waals surface area contributed by atoms with Gasteiger partial charge in [0, 0.05) is 22.0 Å². The molecule has 0 fully saturated rings. The quantitative estimate of drug-likeness (QED) is 0.399. The van der Waals surface area contributed by atoms with Crippen LogP contribution in [0.4, 0.5) is 17.6 Å². The Hall–Kier alpha value is -1.96. The monoisotopic (exact) mass is 319 g/mol. The molecule has 1 aromatic carbocycles. The van der Waals surface area contributed by atoms with E-state index >= 15 is 0 Å². The molecule has 1 heterocycles. The lowest BCUT2D eigenvalue weighted by atomic mass is 10.2. The van der Waals surface area contributed by atoms with Gasteiger partial charge in [0.05, 0.1) is 7.11 Å². The van der Waals surface area contributed by atoms with Crippen molar-refractivity contribution in [2.75, 3.05) is 7.11 Å². The van der Waals surface area contributed by atoms with Crippen molar-refractivity contribution < 1.29 is 27.1 Å². The molecule has 2 rings (SSSR count). The number of carbonyl (C=O) groups excluding carboxylic acids is 1. The SMILES string of the molecule is COC(=O)C(=C(F)Sc1c[nH]c2ccccc12)C(F)(F)F. The Morgan fingerprint density at radius 1 is 1.29 bits per heavy atom. The maximum absolute atomic E-state index is 13.9. The van der Waals surface area contributed by atoms with Crippen LogP contribution in [0.5, 0.6) is 0 Å². The summed E-state index contributed by atoms with van der Waals surface area (Å²) in [5, 5.41) is -1.09. The molecule has 0 aliphatic heterocycles. The summed E-state index contributed by atoms with van der Waals surface area (Å²) in [6.45, 7) is 0. The number of thioether (sulfide) groups is 1. The van der Waals surface area contributed by atoms with E-state index in [4.69, 9.17) is 0 Å². The molecule has 0 amide bonds. The zero-order valence-corrected chi connectivity index (χ0v) is 11.4. The number of halogens is 4. The first-order chi connectivity index (χ1) is 9.84. The number of hydrogen-bond acceptors (Lipinski definition) is 3. The second-order valence-electron chi connectivity index (χ2n) is 3.94. The maximum atomic E-state index is 13.9. The second kappa shape index (κ2) is 5.80. The molecular formula is C13H9F4NO2S. The molecule has 2 aromatic rings. The van der Waals surface area contributed by atoms with Gasteiger partial charge in [0.25, 0.3) is 0 Å². The lowest BCUT2D eigenvalue weighted by molar-refractivity contribution is -0.148. The first-order valence-corrected chi connectivity index (χ1v) is 6.45. The lowest BCUT2D eigenvalue weighted by Crippen LogP contribution is -2.22. The number of alkyl halides is 3. The zero-order chi connectivity index (χ0) is 15.6. The Balaban J connectivity index is 2.44. The van der Waals surface area contributed by atoms with E-state index < -0.39 is 22.9 Å². The third-order valence-electron chi connectivity index (χ3n) is 2.62. The number of rotatable bonds is 3. The third kappa shape index (κ3) is 3.21. The number of aromatic amines is 1. The van der Waals surface area contributed by atoms with Gasteiger partial charge in [-0.15, -0.1) is 0 Å². The van der Waals surface area contributed by atoms with Crippen molar-refractivity contribution in [3.8, 4) is 0 Å². The molecule has 0 aliphatic rings. The standard InChI is InChI=1S/C13H9F4NO2S/c1-20-12(19)10(13(15,16)17)11(14)21-9-6-18-8-5-3-2-4-7(8)9/h2-6,18H,1H3. The van der Waals surface area contributed by atoms with Crippen LogP contribution >= 0.6 is 11.8 Å². The van der Waals surface area contributed by atoms with Gasteiger partial charge in [-0.25, -0.2) is 4.79 Å². The van der Waals surface area contributed by atoms with E-state index in [0.717, 1.165) is 7.11 Å². The molecule has 1 aromatic heterocycles. The summed E-state index contributed by atoms with van der Waals surface area (Å²) in [5.41, 5.74) is -1.29. The number of fused-ring (bicyclic) bond motifs is 1. The highest BCUT2D eigenvalue weighted by atomic mass is 32.2. The molecule has 112 valence electrons. The third-order valence-corrected chi connectivity index (χ3v) is 3.56. The van der Waals surface area contributed by atoms with Gasteiger partial charge < -0.3 is 9.72 Å². The summed E-state index contributed by atoms with van der Waals surface area (Å²) in [7, 11) is 0.762. The summed E-state index contributed by atoms with van der Waals surface area (Å²) in [4.78, 5) is 14.2. The minimum absolute atomic E-state index is 0.219. The minimum atomic E-state index is -5.13. The molecule has 3 nitrogen and oxygen atoms in total. The Labute approximate surface area is 121 Å². The highest BCUT2D eigenvalue weighted by Gasteiger charge is 2.43. The number of para-hydroxylation sites is 1. The lowest BCUT2D eigenvalue weighted by Gasteiger charge is -2.10. The number of hydrogen-bond donors (Lipinski definition) is 1. The van der Waals surface area contributed by atoms with E-state index in [2.05, 4.69) is 9.72 Å². The van der Waals surface area contributed by atoms with Crippen LogP contribution in [-0.4, -0.2) is 24.2 Å². The second-order valence-corrected chi connectivity index (χ2v) is 4.94. The van der Waals surface area contributed by atoms with Crippen LogP contribution in [0.15, 0.2) is 46.1 Å². The Morgan fingerprint density at radius 2 is 1.95 bits per heavy atom. The van der Waals surface area contributed by atoms with Crippen LogP contribution < -0.4 is 0 Å². The predicted molar refractivity (Wildman–Crippen MR) is 70.4 cm³/mol. The fraction of sp³-hybridized carbons (Fsp3) is 0.154. The summed E-state index contributed by atoms with van der Waals surface area (Å²) in [5.74, 6) is -1.76. The van der Waals surface area contributed by atoms with Crippen LogP contribution in [0.25, 0.3) is 10.9 Å². The number of benzene rings is 1. The number of esters is 1. The molecule has 0 saturated heterocycles. The normalized spacial score (nSPS) is 13.2. The Kier molecular flexibility index (Phi) is 4.26. The molecular weight excluding hydrogens is 310 g/mol. The summed E-state index contributed by atoms with van der Waals surface area (Å²) in [6.07, 6.45) is -3.75. The molecule has 1 N–H and O–H groups in total. The van der Waals surface area contributed by atoms with Crippen LogP contribution in [0.2, 0.25) is 0 Å². The first kappa shape index (κ1) is 15.4. The van der Waals surface area contributed by atoms with Crippen molar-refractivity contribution >= 4 is 28.6 Å². The molecule has 0 bridgehead atoms. The number of aromatic nitrogens is 1. The number of methoxy groups -OCH3 is 1. The molecule has 21 heavy (non-hydrogen) atoms. The van der Waals surface area contributed by atoms with Crippen LogP contribution in [-0.2, 0) is 9.53 Å². The average molecular weight is 319 g/mol. The van der Waals surface area contributed by atoms with Gasteiger partial charge in [-0.2, -0.15) is 17.6 Å². The topological polar surface area (TPSA) is 42.1 Å². The molecule has 0 atom stereocenters. The Morgan fingerprint density at radius 3 is 2.57 bits per heavy atom. The van der Waals surface area contributed by atoms with E-state index in [1.165, 1.54) is 6.20 Å². The maximum Gasteiger partial charge on any atom is 0.426 e. The first-order valence-electron chi connectivity index (χ1n) is 5.64.